The molecule has 0 spiro atoms. The van der Waals surface area contributed by atoms with Crippen molar-refractivity contribution >= 4 is 17.9 Å². The molecule has 0 amide bonds. The van der Waals surface area contributed by atoms with Crippen LogP contribution < -0.4 is 10.6 Å². The molecule has 1 radical (unpaired) electrons. The Morgan fingerprint density at radius 1 is 0.652 bits per heavy atom. The van der Waals surface area contributed by atoms with Gasteiger partial charge in [0.2, 0.25) is 0 Å². The first-order chi connectivity index (χ1) is 11.3. The quantitative estimate of drug-likeness (QED) is 0.411. The summed E-state index contributed by atoms with van der Waals surface area (Å²) >= 11 is 0. The zero-order chi connectivity index (χ0) is 16.1. The molecule has 0 atom stereocenters. The molecule has 0 aliphatic carbocycles. The molecule has 2 aromatic carbocycles. The van der Waals surface area contributed by atoms with Crippen LogP contribution in [0.2, 0.25) is 0 Å². The second-order valence-electron chi connectivity index (χ2n) is 7.07. The number of fused-ring (bicyclic) bond motifs is 3. The Morgan fingerprint density at radius 3 is 1.70 bits per heavy atom. The van der Waals surface area contributed by atoms with Crippen molar-refractivity contribution in [3.8, 4) is 11.1 Å². The highest BCUT2D eigenvalue weighted by Crippen LogP contribution is 2.60. The van der Waals surface area contributed by atoms with Crippen LogP contribution >= 0.6 is 7.26 Å². The molecular weight excluding hydrogens is 295 g/mol. The predicted molar refractivity (Wildman–Crippen MR) is 107 cm³/mol. The maximum absolute atomic E-state index is 2.56. The van der Waals surface area contributed by atoms with Gasteiger partial charge in [0.05, 0.1) is 0 Å². The normalized spacial score (nSPS) is 14.5. The largest absolute Gasteiger partial charge is 0.0716 e. The van der Waals surface area contributed by atoms with Gasteiger partial charge in [0.1, 0.15) is 0 Å². The fourth-order valence-corrected chi connectivity index (χ4v) is 7.90. The Bertz CT molecular complexity index is 598. The lowest BCUT2D eigenvalue weighted by Gasteiger charge is -2.30. The Morgan fingerprint density at radius 2 is 1.13 bits per heavy atom. The third kappa shape index (κ3) is 3.38. The summed E-state index contributed by atoms with van der Waals surface area (Å²) in [6, 6.07) is 18.3. The smallest absolute Gasteiger partial charge is 0.0101 e. The van der Waals surface area contributed by atoms with Crippen LogP contribution in [0.25, 0.3) is 11.1 Å². The standard InChI is InChI=1S/C22H30P/c1-3-4-5-6-7-8-13-18-23(2)21-16-11-9-14-19(21)20-15-10-12-17-22(20)23/h9-12,14-17H,3-8,13,18H2,1-2H3. The van der Waals surface area contributed by atoms with Gasteiger partial charge < -0.3 is 0 Å². The van der Waals surface area contributed by atoms with E-state index in [4.69, 9.17) is 0 Å². The molecule has 1 aliphatic rings. The monoisotopic (exact) mass is 325 g/mol. The van der Waals surface area contributed by atoms with Gasteiger partial charge in [-0.2, -0.15) is 0 Å². The molecule has 0 fully saturated rings. The van der Waals surface area contributed by atoms with E-state index in [1.807, 2.05) is 0 Å². The fraction of sp³-hybridized carbons (Fsp3) is 0.455. The van der Waals surface area contributed by atoms with Gasteiger partial charge in [-0.3, -0.25) is 0 Å². The summed E-state index contributed by atoms with van der Waals surface area (Å²) in [7, 11) is -1.16. The van der Waals surface area contributed by atoms with Crippen LogP contribution in [0.15, 0.2) is 48.5 Å². The van der Waals surface area contributed by atoms with Crippen LogP contribution in [0.4, 0.5) is 0 Å². The predicted octanol–water partition coefficient (Wildman–Crippen LogP) is 6.02. The third-order valence-corrected chi connectivity index (χ3v) is 9.49. The van der Waals surface area contributed by atoms with E-state index in [0.717, 1.165) is 0 Å². The molecule has 0 saturated heterocycles. The van der Waals surface area contributed by atoms with Crippen LogP contribution in [0.5, 0.6) is 0 Å². The van der Waals surface area contributed by atoms with Crippen LogP contribution in [0, 0.1) is 0 Å². The SMILES string of the molecule is CCCCCCCCC[P]1(C)c2ccccc2-c2ccccc21. The number of benzene rings is 2. The van der Waals surface area contributed by atoms with Gasteiger partial charge in [0.25, 0.3) is 0 Å². The van der Waals surface area contributed by atoms with Crippen molar-refractivity contribution in [1.29, 1.82) is 0 Å². The van der Waals surface area contributed by atoms with E-state index < -0.39 is 7.26 Å². The van der Waals surface area contributed by atoms with Crippen LogP contribution in [-0.4, -0.2) is 12.8 Å². The summed E-state index contributed by atoms with van der Waals surface area (Å²) in [4.78, 5) is 0. The molecule has 23 heavy (non-hydrogen) atoms. The summed E-state index contributed by atoms with van der Waals surface area (Å²) < 4.78 is 0. The molecular formula is C22H30P. The Balaban J connectivity index is 1.68. The second kappa shape index (κ2) is 7.63. The van der Waals surface area contributed by atoms with Gasteiger partial charge in [-0.1, -0.05) is 101 Å². The lowest BCUT2D eigenvalue weighted by Crippen LogP contribution is -2.19. The summed E-state index contributed by atoms with van der Waals surface area (Å²) in [5.74, 6) is 0. The Labute approximate surface area is 142 Å². The third-order valence-electron chi connectivity index (χ3n) is 5.37. The molecule has 0 nitrogen and oxygen atoms in total. The molecule has 1 aliphatic heterocycles. The molecule has 2 aromatic rings. The number of hydrogen-bond acceptors (Lipinski definition) is 0. The zero-order valence-electron chi connectivity index (χ0n) is 14.7. The van der Waals surface area contributed by atoms with Crippen molar-refractivity contribution in [2.75, 3.05) is 12.8 Å². The first kappa shape index (κ1) is 16.7. The topological polar surface area (TPSA) is 0 Å². The second-order valence-corrected chi connectivity index (χ2v) is 10.9. The minimum Gasteiger partial charge on any atom is -0.0716 e. The summed E-state index contributed by atoms with van der Waals surface area (Å²) in [5.41, 5.74) is 3.00. The fourth-order valence-electron chi connectivity index (χ4n) is 4.02. The first-order valence-corrected chi connectivity index (χ1v) is 11.7. The highest BCUT2D eigenvalue weighted by Gasteiger charge is 2.36. The minimum absolute atomic E-state index is 1.16. The number of unbranched alkanes of at least 4 members (excludes halogenated alkanes) is 6. The van der Waals surface area contributed by atoms with Crippen LogP contribution in [0.3, 0.4) is 0 Å². The van der Waals surface area contributed by atoms with E-state index in [1.165, 1.54) is 62.2 Å². The van der Waals surface area contributed by atoms with Crippen molar-refractivity contribution in [1.82, 2.24) is 0 Å². The Hall–Kier alpha value is -1.13. The molecule has 123 valence electrons. The molecule has 0 aromatic heterocycles. The van der Waals surface area contributed by atoms with Crippen molar-refractivity contribution in [2.45, 2.75) is 51.9 Å². The summed E-state index contributed by atoms with van der Waals surface area (Å²) in [6.45, 7) is 4.86. The number of hydrogen-bond donors (Lipinski definition) is 0. The van der Waals surface area contributed by atoms with E-state index in [0.29, 0.717) is 0 Å². The zero-order valence-corrected chi connectivity index (χ0v) is 15.6. The van der Waals surface area contributed by atoms with Crippen LogP contribution in [0.1, 0.15) is 51.9 Å². The Kier molecular flexibility index (Phi) is 5.54. The highest BCUT2D eigenvalue weighted by atomic mass is 31.2. The van der Waals surface area contributed by atoms with Gasteiger partial charge in [0.15, 0.2) is 0 Å². The average Bonchev–Trinajstić information content (AvgIpc) is 2.85. The lowest BCUT2D eigenvalue weighted by molar-refractivity contribution is 0.603. The molecule has 0 bridgehead atoms. The van der Waals surface area contributed by atoms with Crippen LogP contribution in [-0.2, 0) is 0 Å². The molecule has 0 saturated carbocycles. The van der Waals surface area contributed by atoms with E-state index >= 15 is 0 Å². The highest BCUT2D eigenvalue weighted by molar-refractivity contribution is 7.90. The van der Waals surface area contributed by atoms with Gasteiger partial charge in [0, 0.05) is 0 Å². The number of rotatable bonds is 8. The molecule has 3 rings (SSSR count). The van der Waals surface area contributed by atoms with Crippen molar-refractivity contribution in [3.05, 3.63) is 48.5 Å². The molecule has 1 heterocycles. The van der Waals surface area contributed by atoms with Crippen molar-refractivity contribution in [3.63, 3.8) is 0 Å². The van der Waals surface area contributed by atoms with Crippen molar-refractivity contribution < 1.29 is 0 Å². The molecule has 0 unspecified atom stereocenters. The maximum atomic E-state index is 2.56. The van der Waals surface area contributed by atoms with E-state index in [2.05, 4.69) is 62.1 Å². The van der Waals surface area contributed by atoms with E-state index in [-0.39, 0.29) is 0 Å². The van der Waals surface area contributed by atoms with Crippen molar-refractivity contribution in [2.24, 2.45) is 0 Å². The average molecular weight is 325 g/mol. The maximum Gasteiger partial charge on any atom is -0.0101 e. The summed E-state index contributed by atoms with van der Waals surface area (Å²) in [6.07, 6.45) is 11.2. The van der Waals surface area contributed by atoms with Gasteiger partial charge in [-0.15, -0.1) is 0 Å². The van der Waals surface area contributed by atoms with Gasteiger partial charge in [-0.25, -0.2) is 0 Å². The minimum atomic E-state index is -1.16. The van der Waals surface area contributed by atoms with E-state index in [9.17, 15) is 0 Å². The summed E-state index contributed by atoms with van der Waals surface area (Å²) in [5, 5.41) is 3.29. The van der Waals surface area contributed by atoms with Gasteiger partial charge in [-0.05, 0) is 41.0 Å². The molecule has 1 heteroatoms. The first-order valence-electron chi connectivity index (χ1n) is 9.32. The van der Waals surface area contributed by atoms with E-state index in [1.54, 1.807) is 10.6 Å². The lowest BCUT2D eigenvalue weighted by atomic mass is 10.1. The van der Waals surface area contributed by atoms with Gasteiger partial charge >= 0.3 is 0 Å². The molecule has 0 N–H and O–H groups in total.